The van der Waals surface area contributed by atoms with E-state index in [1.54, 1.807) is 26.8 Å². The fraction of sp³-hybridized carbons (Fsp3) is 0.696. The van der Waals surface area contributed by atoms with E-state index in [-0.39, 0.29) is 19.1 Å². The largest absolute Gasteiger partial charge is 0.461 e. The summed E-state index contributed by atoms with van der Waals surface area (Å²) in [5, 5.41) is 8.78. The third-order valence-corrected chi connectivity index (χ3v) is 6.20. The second-order valence-electron chi connectivity index (χ2n) is 9.05. The van der Waals surface area contributed by atoms with Crippen molar-refractivity contribution in [3.05, 3.63) is 22.1 Å². The van der Waals surface area contributed by atoms with Gasteiger partial charge in [-0.05, 0) is 55.1 Å². The standard InChI is InChI=1S/C23H34BrNO8/c1-13(2)20-23(5,6)33-22(29)25(20)21(28)14(3)19(31-15(4)27)18-12-16(24)17(32-18)8-7-10-30-11-9-26/h12-14,19-20,26H,7-11H2,1-6H3/t14-,19-,20-/m0/s1. The lowest BCUT2D eigenvalue weighted by Crippen LogP contribution is -2.50. The average Bonchev–Trinajstić information content (AvgIpc) is 3.19. The Bertz CT molecular complexity index is 850. The molecule has 2 heterocycles. The maximum atomic E-state index is 13.5. The highest BCUT2D eigenvalue weighted by atomic mass is 79.9. The van der Waals surface area contributed by atoms with Crippen LogP contribution >= 0.6 is 15.9 Å². The Morgan fingerprint density at radius 2 is 1.94 bits per heavy atom. The topological polar surface area (TPSA) is 116 Å². The summed E-state index contributed by atoms with van der Waals surface area (Å²) in [5.41, 5.74) is -0.837. The molecular weight excluding hydrogens is 498 g/mol. The molecule has 0 bridgehead atoms. The fourth-order valence-electron chi connectivity index (χ4n) is 4.26. The molecule has 2 amide bonds. The molecule has 1 aromatic heterocycles. The number of ether oxygens (including phenoxy) is 3. The van der Waals surface area contributed by atoms with E-state index < -0.39 is 41.6 Å². The van der Waals surface area contributed by atoms with E-state index in [4.69, 9.17) is 23.7 Å². The van der Waals surface area contributed by atoms with Gasteiger partial charge in [-0.25, -0.2) is 9.69 Å². The fourth-order valence-corrected chi connectivity index (χ4v) is 4.76. The maximum Gasteiger partial charge on any atom is 0.417 e. The summed E-state index contributed by atoms with van der Waals surface area (Å²) >= 11 is 3.46. The third kappa shape index (κ3) is 6.58. The van der Waals surface area contributed by atoms with Gasteiger partial charge in [-0.3, -0.25) is 9.59 Å². The minimum absolute atomic E-state index is 0.0350. The van der Waals surface area contributed by atoms with Gasteiger partial charge in [-0.1, -0.05) is 13.8 Å². The van der Waals surface area contributed by atoms with Gasteiger partial charge in [0.2, 0.25) is 5.91 Å². The van der Waals surface area contributed by atoms with Crippen molar-refractivity contribution in [3.8, 4) is 0 Å². The lowest BCUT2D eigenvalue weighted by Gasteiger charge is -2.33. The number of aliphatic hydroxyl groups excluding tert-OH is 1. The normalized spacial score (nSPS) is 19.5. The smallest absolute Gasteiger partial charge is 0.417 e. The molecule has 1 aliphatic heterocycles. The number of halogens is 1. The van der Waals surface area contributed by atoms with Gasteiger partial charge < -0.3 is 23.7 Å². The number of esters is 1. The highest BCUT2D eigenvalue weighted by Crippen LogP contribution is 2.38. The van der Waals surface area contributed by atoms with E-state index in [0.717, 1.165) is 4.90 Å². The number of imide groups is 1. The van der Waals surface area contributed by atoms with E-state index in [1.807, 2.05) is 13.8 Å². The number of nitrogens with zero attached hydrogens (tertiary/aromatic N) is 1. The van der Waals surface area contributed by atoms with Gasteiger partial charge in [-0.15, -0.1) is 0 Å². The van der Waals surface area contributed by atoms with Crippen LogP contribution in [0.15, 0.2) is 15.0 Å². The van der Waals surface area contributed by atoms with Crippen LogP contribution in [0.2, 0.25) is 0 Å². The Balaban J connectivity index is 2.26. The van der Waals surface area contributed by atoms with Crippen molar-refractivity contribution in [2.24, 2.45) is 11.8 Å². The molecule has 0 aromatic carbocycles. The van der Waals surface area contributed by atoms with Crippen LogP contribution in [0.4, 0.5) is 4.79 Å². The number of hydrogen-bond acceptors (Lipinski definition) is 8. The molecule has 33 heavy (non-hydrogen) atoms. The molecular formula is C23H34BrNO8. The molecule has 1 saturated heterocycles. The molecule has 1 fully saturated rings. The van der Waals surface area contributed by atoms with Crippen LogP contribution in [-0.4, -0.2) is 59.4 Å². The zero-order valence-electron chi connectivity index (χ0n) is 20.1. The van der Waals surface area contributed by atoms with Crippen molar-refractivity contribution in [1.82, 2.24) is 4.90 Å². The van der Waals surface area contributed by atoms with Gasteiger partial charge in [0.05, 0.1) is 29.6 Å². The lowest BCUT2D eigenvalue weighted by atomic mass is 9.88. The monoisotopic (exact) mass is 531 g/mol. The number of cyclic esters (lactones) is 1. The molecule has 0 saturated carbocycles. The Morgan fingerprint density at radius 1 is 1.27 bits per heavy atom. The Labute approximate surface area is 202 Å². The van der Waals surface area contributed by atoms with Gasteiger partial charge >= 0.3 is 12.1 Å². The quantitative estimate of drug-likeness (QED) is 0.336. The van der Waals surface area contributed by atoms with E-state index in [2.05, 4.69) is 15.9 Å². The second kappa shape index (κ2) is 11.5. The van der Waals surface area contributed by atoms with Gasteiger partial charge in [0.15, 0.2) is 6.10 Å². The van der Waals surface area contributed by atoms with Crippen LogP contribution in [0, 0.1) is 11.8 Å². The van der Waals surface area contributed by atoms with Crippen molar-refractivity contribution < 1.29 is 38.1 Å². The molecule has 10 heteroatoms. The maximum absolute atomic E-state index is 13.5. The third-order valence-electron chi connectivity index (χ3n) is 5.53. The van der Waals surface area contributed by atoms with Gasteiger partial charge in [-0.2, -0.15) is 0 Å². The zero-order valence-corrected chi connectivity index (χ0v) is 21.6. The first-order valence-corrected chi connectivity index (χ1v) is 11.9. The molecule has 0 unspecified atom stereocenters. The first-order valence-electron chi connectivity index (χ1n) is 11.1. The SMILES string of the molecule is CC(=O)O[C@H](c1cc(Br)c(CCCOCCO)o1)[C@H](C)C(=O)N1C(=O)OC(C)(C)[C@@H]1C(C)C. The summed E-state index contributed by atoms with van der Waals surface area (Å²) in [6.45, 7) is 10.9. The van der Waals surface area contributed by atoms with Gasteiger partial charge in [0.25, 0.3) is 0 Å². The Morgan fingerprint density at radius 3 is 2.52 bits per heavy atom. The molecule has 9 nitrogen and oxygen atoms in total. The van der Waals surface area contributed by atoms with E-state index in [0.29, 0.717) is 35.4 Å². The molecule has 1 aliphatic rings. The number of hydrogen-bond donors (Lipinski definition) is 1. The molecule has 0 aliphatic carbocycles. The first-order chi connectivity index (χ1) is 15.4. The molecule has 0 spiro atoms. The lowest BCUT2D eigenvalue weighted by molar-refractivity contribution is -0.155. The van der Waals surface area contributed by atoms with E-state index in [1.165, 1.54) is 6.92 Å². The summed E-state index contributed by atoms with van der Waals surface area (Å²) in [6.07, 6.45) is -0.525. The first kappa shape index (κ1) is 27.3. The number of aryl methyl sites for hydroxylation is 1. The van der Waals surface area contributed by atoms with Crippen molar-refractivity contribution in [2.45, 2.75) is 72.1 Å². The van der Waals surface area contributed by atoms with Crippen molar-refractivity contribution >= 4 is 33.9 Å². The Hall–Kier alpha value is -1.91. The molecule has 186 valence electrons. The summed E-state index contributed by atoms with van der Waals surface area (Å²) in [5.74, 6) is -1.08. The number of carbonyl (C=O) groups is 3. The highest BCUT2D eigenvalue weighted by molar-refractivity contribution is 9.10. The summed E-state index contributed by atoms with van der Waals surface area (Å²) in [6, 6.07) is 1.21. The van der Waals surface area contributed by atoms with Crippen LogP contribution in [0.1, 0.15) is 65.6 Å². The summed E-state index contributed by atoms with van der Waals surface area (Å²) in [4.78, 5) is 39.1. The number of carbonyl (C=O) groups excluding carboxylic acids is 3. The molecule has 3 atom stereocenters. The summed E-state index contributed by atoms with van der Waals surface area (Å²) < 4.78 is 22.8. The minimum atomic E-state index is -1.02. The zero-order chi connectivity index (χ0) is 24.9. The van der Waals surface area contributed by atoms with Crippen molar-refractivity contribution in [3.63, 3.8) is 0 Å². The predicted octanol–water partition coefficient (Wildman–Crippen LogP) is 4.01. The van der Waals surface area contributed by atoms with Crippen molar-refractivity contribution in [2.75, 3.05) is 19.8 Å². The number of aliphatic hydroxyl groups is 1. The average molecular weight is 532 g/mol. The van der Waals surface area contributed by atoms with E-state index in [9.17, 15) is 14.4 Å². The molecule has 0 radical (unpaired) electrons. The molecule has 2 rings (SSSR count). The predicted molar refractivity (Wildman–Crippen MR) is 122 cm³/mol. The number of amides is 2. The number of furan rings is 1. The minimum Gasteiger partial charge on any atom is -0.461 e. The van der Waals surface area contributed by atoms with Gasteiger partial charge in [0.1, 0.15) is 17.1 Å². The molecule has 1 N–H and O–H groups in total. The van der Waals surface area contributed by atoms with E-state index >= 15 is 0 Å². The van der Waals surface area contributed by atoms with Crippen LogP contribution in [0.5, 0.6) is 0 Å². The second-order valence-corrected chi connectivity index (χ2v) is 9.90. The van der Waals surface area contributed by atoms with Crippen LogP contribution in [0.25, 0.3) is 0 Å². The number of rotatable bonds is 11. The van der Waals surface area contributed by atoms with Crippen LogP contribution in [-0.2, 0) is 30.2 Å². The molecule has 1 aromatic rings. The highest BCUT2D eigenvalue weighted by Gasteiger charge is 2.53. The van der Waals surface area contributed by atoms with Crippen LogP contribution < -0.4 is 0 Å². The summed E-state index contributed by atoms with van der Waals surface area (Å²) in [7, 11) is 0. The Kier molecular flexibility index (Phi) is 9.51. The van der Waals surface area contributed by atoms with Gasteiger partial charge in [0, 0.05) is 20.0 Å². The van der Waals surface area contributed by atoms with Crippen molar-refractivity contribution in [1.29, 1.82) is 0 Å². The van der Waals surface area contributed by atoms with Crippen LogP contribution in [0.3, 0.4) is 0 Å².